The number of ether oxygens (including phenoxy) is 1. The summed E-state index contributed by atoms with van der Waals surface area (Å²) in [5.74, 6) is 1.00. The molecule has 5 rings (SSSR count). The lowest BCUT2D eigenvalue weighted by atomic mass is 10.1. The Balaban J connectivity index is 1.40. The Kier molecular flexibility index (Phi) is 6.89. The van der Waals surface area contributed by atoms with E-state index in [0.717, 1.165) is 35.4 Å². The molecule has 1 amide bonds. The molecule has 0 aliphatic heterocycles. The van der Waals surface area contributed by atoms with Gasteiger partial charge in [0.05, 0.1) is 24.7 Å². The number of halogens is 1. The van der Waals surface area contributed by atoms with E-state index in [9.17, 15) is 9.18 Å². The van der Waals surface area contributed by atoms with Crippen LogP contribution in [0.25, 0.3) is 22.7 Å². The molecule has 1 aliphatic carbocycles. The fraction of sp³-hybridized carbons (Fsp3) is 0.310. The third-order valence-corrected chi connectivity index (χ3v) is 6.73. The number of hydrogen-bond donors (Lipinski definition) is 1. The Bertz CT molecular complexity index is 1320. The zero-order chi connectivity index (χ0) is 25.1. The lowest BCUT2D eigenvalue weighted by molar-refractivity contribution is 0.0912. The van der Waals surface area contributed by atoms with Gasteiger partial charge < -0.3 is 19.0 Å². The topological polar surface area (TPSA) is 69.3 Å². The van der Waals surface area contributed by atoms with Gasteiger partial charge in [-0.15, -0.1) is 0 Å². The third kappa shape index (κ3) is 4.91. The van der Waals surface area contributed by atoms with Crippen molar-refractivity contribution in [1.82, 2.24) is 14.9 Å². The molecule has 2 aromatic heterocycles. The summed E-state index contributed by atoms with van der Waals surface area (Å²) in [7, 11) is 0. The average Bonchev–Trinajstić information content (AvgIpc) is 3.65. The van der Waals surface area contributed by atoms with Gasteiger partial charge in [-0.3, -0.25) is 4.79 Å². The number of hydrogen-bond acceptors (Lipinski definition) is 4. The maximum Gasteiger partial charge on any atom is 0.287 e. The monoisotopic (exact) mass is 487 g/mol. The molecule has 36 heavy (non-hydrogen) atoms. The zero-order valence-electron chi connectivity index (χ0n) is 20.5. The van der Waals surface area contributed by atoms with Gasteiger partial charge in [0.15, 0.2) is 11.5 Å². The Morgan fingerprint density at radius 1 is 1.11 bits per heavy atom. The van der Waals surface area contributed by atoms with Crippen LogP contribution in [0.4, 0.5) is 4.39 Å². The number of aromatic nitrogens is 2. The van der Waals surface area contributed by atoms with Crippen molar-refractivity contribution in [2.24, 2.45) is 0 Å². The SMILES string of the molecule is CCOc1ccc(C(C)NC(=O)c2ccc(-c3c(-c4ccc(F)cc4)ncn3C3CCCC3)o2)cc1. The molecular formula is C29H30FN3O3. The fourth-order valence-corrected chi connectivity index (χ4v) is 4.84. The van der Waals surface area contributed by atoms with Crippen LogP contribution in [0.3, 0.4) is 0 Å². The van der Waals surface area contributed by atoms with Gasteiger partial charge in [0.2, 0.25) is 0 Å². The number of imidazole rings is 1. The summed E-state index contributed by atoms with van der Waals surface area (Å²) >= 11 is 0. The summed E-state index contributed by atoms with van der Waals surface area (Å²) in [4.78, 5) is 17.7. The molecule has 1 atom stereocenters. The number of rotatable bonds is 8. The number of nitrogens with one attached hydrogen (secondary N) is 1. The molecule has 1 saturated carbocycles. The van der Waals surface area contributed by atoms with Crippen LogP contribution in [0.2, 0.25) is 0 Å². The Morgan fingerprint density at radius 3 is 2.53 bits per heavy atom. The highest BCUT2D eigenvalue weighted by Crippen LogP contribution is 2.39. The number of amides is 1. The van der Waals surface area contributed by atoms with Gasteiger partial charge in [0, 0.05) is 11.6 Å². The first kappa shape index (κ1) is 23.9. The first-order chi connectivity index (χ1) is 17.5. The Hall–Kier alpha value is -3.87. The number of benzene rings is 2. The van der Waals surface area contributed by atoms with Crippen LogP contribution in [0.15, 0.2) is 71.4 Å². The Labute approximate surface area is 210 Å². The van der Waals surface area contributed by atoms with E-state index in [1.54, 1.807) is 18.2 Å². The van der Waals surface area contributed by atoms with Crippen LogP contribution in [0.1, 0.15) is 67.7 Å². The molecule has 0 spiro atoms. The van der Waals surface area contributed by atoms with Gasteiger partial charge in [0.1, 0.15) is 17.3 Å². The van der Waals surface area contributed by atoms with Gasteiger partial charge in [0.25, 0.3) is 5.91 Å². The minimum absolute atomic E-state index is 0.208. The zero-order valence-corrected chi connectivity index (χ0v) is 20.5. The summed E-state index contributed by atoms with van der Waals surface area (Å²) in [6, 6.07) is 17.6. The van der Waals surface area contributed by atoms with E-state index in [0.29, 0.717) is 24.1 Å². The normalized spacial score (nSPS) is 14.6. The largest absolute Gasteiger partial charge is 0.494 e. The molecule has 0 radical (unpaired) electrons. The van der Waals surface area contributed by atoms with Crippen LogP contribution >= 0.6 is 0 Å². The standard InChI is InChI=1S/C29H30FN3O3/c1-3-35-24-14-10-20(11-15-24)19(2)32-29(34)26-17-16-25(36-26)28-27(21-8-12-22(30)13-9-21)31-18-33(28)23-6-4-5-7-23/h8-19,23H,3-7H2,1-2H3,(H,32,34). The van der Waals surface area contributed by atoms with E-state index < -0.39 is 0 Å². The third-order valence-electron chi connectivity index (χ3n) is 6.73. The van der Waals surface area contributed by atoms with Crippen LogP contribution in [0, 0.1) is 5.82 Å². The van der Waals surface area contributed by atoms with Crippen molar-refractivity contribution in [2.45, 2.75) is 51.6 Å². The molecule has 186 valence electrons. The molecule has 2 aromatic carbocycles. The van der Waals surface area contributed by atoms with Gasteiger partial charge in [-0.05, 0) is 80.8 Å². The minimum atomic E-state index is -0.297. The van der Waals surface area contributed by atoms with E-state index in [4.69, 9.17) is 9.15 Å². The van der Waals surface area contributed by atoms with Crippen molar-refractivity contribution < 1.29 is 18.3 Å². The predicted octanol–water partition coefficient (Wildman–Crippen LogP) is 6.95. The molecule has 1 N–H and O–H groups in total. The fourth-order valence-electron chi connectivity index (χ4n) is 4.84. The quantitative estimate of drug-likeness (QED) is 0.292. The summed E-state index contributed by atoms with van der Waals surface area (Å²) < 4.78 is 27.3. The lowest BCUT2D eigenvalue weighted by Crippen LogP contribution is -2.26. The van der Waals surface area contributed by atoms with Gasteiger partial charge in [-0.2, -0.15) is 0 Å². The van der Waals surface area contributed by atoms with Crippen molar-refractivity contribution in [3.8, 4) is 28.5 Å². The average molecular weight is 488 g/mol. The highest BCUT2D eigenvalue weighted by atomic mass is 19.1. The van der Waals surface area contributed by atoms with Crippen LogP contribution < -0.4 is 10.1 Å². The number of furan rings is 1. The smallest absolute Gasteiger partial charge is 0.287 e. The molecule has 7 heteroatoms. The van der Waals surface area contributed by atoms with Gasteiger partial charge in [-0.1, -0.05) is 25.0 Å². The molecule has 1 aliphatic rings. The van der Waals surface area contributed by atoms with Crippen molar-refractivity contribution in [3.63, 3.8) is 0 Å². The summed E-state index contributed by atoms with van der Waals surface area (Å²) in [5.41, 5.74) is 3.30. The first-order valence-corrected chi connectivity index (χ1v) is 12.5. The van der Waals surface area contributed by atoms with E-state index in [-0.39, 0.29) is 23.5 Å². The van der Waals surface area contributed by atoms with E-state index in [2.05, 4.69) is 14.9 Å². The maximum atomic E-state index is 13.6. The molecule has 1 unspecified atom stereocenters. The minimum Gasteiger partial charge on any atom is -0.494 e. The van der Waals surface area contributed by atoms with Gasteiger partial charge in [-0.25, -0.2) is 9.37 Å². The summed E-state index contributed by atoms with van der Waals surface area (Å²) in [6.45, 7) is 4.48. The molecule has 2 heterocycles. The van der Waals surface area contributed by atoms with E-state index >= 15 is 0 Å². The molecule has 6 nitrogen and oxygen atoms in total. The molecule has 0 bridgehead atoms. The maximum absolute atomic E-state index is 13.6. The lowest BCUT2D eigenvalue weighted by Gasteiger charge is -2.15. The van der Waals surface area contributed by atoms with Crippen LogP contribution in [-0.4, -0.2) is 22.1 Å². The van der Waals surface area contributed by atoms with Crippen LogP contribution in [-0.2, 0) is 0 Å². The van der Waals surface area contributed by atoms with Crippen molar-refractivity contribution in [1.29, 1.82) is 0 Å². The molecule has 1 fully saturated rings. The Morgan fingerprint density at radius 2 is 1.83 bits per heavy atom. The van der Waals surface area contributed by atoms with Crippen molar-refractivity contribution in [3.05, 3.63) is 84.1 Å². The van der Waals surface area contributed by atoms with Crippen LogP contribution in [0.5, 0.6) is 5.75 Å². The molecular weight excluding hydrogens is 457 g/mol. The predicted molar refractivity (Wildman–Crippen MR) is 136 cm³/mol. The second kappa shape index (κ2) is 10.4. The second-order valence-electron chi connectivity index (χ2n) is 9.16. The second-order valence-corrected chi connectivity index (χ2v) is 9.16. The number of carbonyl (C=O) groups is 1. The van der Waals surface area contributed by atoms with Crippen molar-refractivity contribution in [2.75, 3.05) is 6.61 Å². The number of carbonyl (C=O) groups excluding carboxylic acids is 1. The van der Waals surface area contributed by atoms with E-state index in [1.165, 1.54) is 25.0 Å². The van der Waals surface area contributed by atoms with E-state index in [1.807, 2.05) is 50.5 Å². The molecule has 0 saturated heterocycles. The highest BCUT2D eigenvalue weighted by Gasteiger charge is 2.26. The number of nitrogens with zero attached hydrogens (tertiary/aromatic N) is 2. The molecule has 4 aromatic rings. The highest BCUT2D eigenvalue weighted by molar-refractivity contribution is 5.92. The van der Waals surface area contributed by atoms with Crippen molar-refractivity contribution >= 4 is 5.91 Å². The first-order valence-electron chi connectivity index (χ1n) is 12.5. The van der Waals surface area contributed by atoms with Gasteiger partial charge >= 0.3 is 0 Å². The summed E-state index contributed by atoms with van der Waals surface area (Å²) in [5, 5.41) is 3.01. The summed E-state index contributed by atoms with van der Waals surface area (Å²) in [6.07, 6.45) is 6.31.